The van der Waals surface area contributed by atoms with Gasteiger partial charge in [0.1, 0.15) is 6.61 Å². The van der Waals surface area contributed by atoms with Gasteiger partial charge in [0.25, 0.3) is 0 Å². The van der Waals surface area contributed by atoms with Gasteiger partial charge in [-0.2, -0.15) is 0 Å². The standard InChI is InChI=1S/C10H8Cl3NO4/c11-10(12,13)5-18-9(17)14-7-4-2-1-3-6(7)8(15)16/h1-4H,5H2,(H,14,17)(H,15,16). The summed E-state index contributed by atoms with van der Waals surface area (Å²) in [6.07, 6.45) is -0.907. The summed E-state index contributed by atoms with van der Waals surface area (Å²) < 4.78 is 2.89. The number of benzene rings is 1. The Balaban J connectivity index is 2.68. The molecule has 0 aromatic heterocycles. The van der Waals surface area contributed by atoms with Crippen molar-refractivity contribution in [2.45, 2.75) is 3.79 Å². The average Bonchev–Trinajstić information content (AvgIpc) is 2.26. The summed E-state index contributed by atoms with van der Waals surface area (Å²) in [5, 5.41) is 11.1. The molecule has 0 spiro atoms. The van der Waals surface area contributed by atoms with Crippen LogP contribution < -0.4 is 5.32 Å². The van der Waals surface area contributed by atoms with Crippen molar-refractivity contribution in [1.82, 2.24) is 0 Å². The van der Waals surface area contributed by atoms with Crippen molar-refractivity contribution < 1.29 is 19.4 Å². The summed E-state index contributed by atoms with van der Waals surface area (Å²) in [5.74, 6) is -1.17. The minimum Gasteiger partial charge on any atom is -0.478 e. The van der Waals surface area contributed by atoms with Crippen LogP contribution in [-0.4, -0.2) is 27.6 Å². The molecule has 0 aliphatic heterocycles. The molecule has 8 heteroatoms. The van der Waals surface area contributed by atoms with Gasteiger partial charge in [-0.15, -0.1) is 0 Å². The van der Waals surface area contributed by atoms with Gasteiger partial charge in [-0.25, -0.2) is 9.59 Å². The van der Waals surface area contributed by atoms with Crippen molar-refractivity contribution in [3.63, 3.8) is 0 Å². The van der Waals surface area contributed by atoms with E-state index in [0.717, 1.165) is 0 Å². The Morgan fingerprint density at radius 3 is 2.44 bits per heavy atom. The highest BCUT2D eigenvalue weighted by atomic mass is 35.6. The van der Waals surface area contributed by atoms with E-state index in [1.807, 2.05) is 0 Å². The summed E-state index contributed by atoms with van der Waals surface area (Å²) >= 11 is 16.2. The fourth-order valence-electron chi connectivity index (χ4n) is 1.07. The van der Waals surface area contributed by atoms with E-state index in [1.165, 1.54) is 18.2 Å². The van der Waals surface area contributed by atoms with Gasteiger partial charge in [-0.05, 0) is 12.1 Å². The van der Waals surface area contributed by atoms with Crippen molar-refractivity contribution in [2.24, 2.45) is 0 Å². The smallest absolute Gasteiger partial charge is 0.411 e. The molecular weight excluding hydrogens is 304 g/mol. The Hall–Kier alpha value is -1.17. The molecule has 0 fully saturated rings. The lowest BCUT2D eigenvalue weighted by Gasteiger charge is -2.12. The molecule has 1 rings (SSSR count). The van der Waals surface area contributed by atoms with Gasteiger partial charge in [0, 0.05) is 0 Å². The molecule has 0 heterocycles. The Morgan fingerprint density at radius 1 is 1.28 bits per heavy atom. The topological polar surface area (TPSA) is 75.6 Å². The summed E-state index contributed by atoms with van der Waals surface area (Å²) in [6, 6.07) is 5.85. The number of nitrogens with one attached hydrogen (secondary N) is 1. The summed E-state index contributed by atoms with van der Waals surface area (Å²) in [5.41, 5.74) is 0.0302. The second-order valence-corrected chi connectivity index (χ2v) is 5.68. The monoisotopic (exact) mass is 311 g/mol. The third-order valence-corrected chi connectivity index (χ3v) is 2.09. The number of alkyl halides is 3. The molecule has 5 nitrogen and oxygen atoms in total. The second-order valence-electron chi connectivity index (χ2n) is 3.17. The van der Waals surface area contributed by atoms with E-state index in [1.54, 1.807) is 6.07 Å². The van der Waals surface area contributed by atoms with Crippen LogP contribution in [0.4, 0.5) is 10.5 Å². The van der Waals surface area contributed by atoms with Gasteiger partial charge in [0.2, 0.25) is 3.79 Å². The minimum absolute atomic E-state index is 0.0664. The largest absolute Gasteiger partial charge is 0.478 e. The highest BCUT2D eigenvalue weighted by Crippen LogP contribution is 2.26. The van der Waals surface area contributed by atoms with Crippen LogP contribution >= 0.6 is 34.8 Å². The molecule has 0 saturated carbocycles. The molecule has 0 saturated heterocycles. The average molecular weight is 313 g/mol. The number of ether oxygens (including phenoxy) is 1. The number of hydrogen-bond acceptors (Lipinski definition) is 3. The molecule has 0 bridgehead atoms. The van der Waals surface area contributed by atoms with E-state index in [2.05, 4.69) is 10.1 Å². The highest BCUT2D eigenvalue weighted by molar-refractivity contribution is 6.67. The van der Waals surface area contributed by atoms with E-state index in [0.29, 0.717) is 0 Å². The first-order valence-electron chi connectivity index (χ1n) is 4.62. The fraction of sp³-hybridized carbons (Fsp3) is 0.200. The Bertz CT molecular complexity index is 459. The highest BCUT2D eigenvalue weighted by Gasteiger charge is 2.22. The number of carboxylic acids is 1. The summed E-state index contributed by atoms with van der Waals surface area (Å²) in [6.45, 7) is -0.446. The number of hydrogen-bond donors (Lipinski definition) is 2. The van der Waals surface area contributed by atoms with Crippen molar-refractivity contribution in [2.75, 3.05) is 11.9 Å². The maximum Gasteiger partial charge on any atom is 0.411 e. The van der Waals surface area contributed by atoms with E-state index in [9.17, 15) is 9.59 Å². The van der Waals surface area contributed by atoms with E-state index in [4.69, 9.17) is 39.9 Å². The lowest BCUT2D eigenvalue weighted by Crippen LogP contribution is -2.22. The number of carbonyl (C=O) groups is 2. The first kappa shape index (κ1) is 14.9. The Morgan fingerprint density at radius 2 is 1.89 bits per heavy atom. The van der Waals surface area contributed by atoms with E-state index in [-0.39, 0.29) is 11.3 Å². The molecule has 1 aromatic carbocycles. The number of carbonyl (C=O) groups excluding carboxylic acids is 1. The predicted octanol–water partition coefficient (Wildman–Crippen LogP) is 3.30. The first-order valence-corrected chi connectivity index (χ1v) is 5.76. The molecule has 18 heavy (non-hydrogen) atoms. The summed E-state index contributed by atoms with van der Waals surface area (Å²) in [4.78, 5) is 22.2. The number of amides is 1. The number of rotatable bonds is 3. The van der Waals surface area contributed by atoms with Crippen molar-refractivity contribution in [1.29, 1.82) is 0 Å². The molecule has 0 radical (unpaired) electrons. The van der Waals surface area contributed by atoms with Crippen LogP contribution in [-0.2, 0) is 4.74 Å². The zero-order valence-corrected chi connectivity index (χ0v) is 11.1. The van der Waals surface area contributed by atoms with Gasteiger partial charge in [-0.3, -0.25) is 5.32 Å². The van der Waals surface area contributed by atoms with E-state index >= 15 is 0 Å². The number of halogens is 3. The first-order chi connectivity index (χ1) is 8.29. The zero-order valence-electron chi connectivity index (χ0n) is 8.82. The lowest BCUT2D eigenvalue weighted by molar-refractivity contribution is 0.0698. The van der Waals surface area contributed by atoms with Gasteiger partial charge >= 0.3 is 12.1 Å². The van der Waals surface area contributed by atoms with Crippen molar-refractivity contribution >= 4 is 52.6 Å². The van der Waals surface area contributed by atoms with Gasteiger partial charge in [0.15, 0.2) is 0 Å². The molecule has 0 aliphatic carbocycles. The van der Waals surface area contributed by atoms with Gasteiger partial charge < -0.3 is 9.84 Å². The SMILES string of the molecule is O=C(Nc1ccccc1C(=O)O)OCC(Cl)(Cl)Cl. The predicted molar refractivity (Wildman–Crippen MR) is 68.7 cm³/mol. The molecule has 1 aromatic rings. The van der Waals surface area contributed by atoms with Crippen LogP contribution in [0.1, 0.15) is 10.4 Å². The van der Waals surface area contributed by atoms with Crippen LogP contribution in [0, 0.1) is 0 Å². The van der Waals surface area contributed by atoms with Gasteiger partial charge in [0.05, 0.1) is 11.3 Å². The van der Waals surface area contributed by atoms with Crippen molar-refractivity contribution in [3.05, 3.63) is 29.8 Å². The third-order valence-electron chi connectivity index (χ3n) is 1.76. The number of carboxylic acid groups (broad SMARTS) is 1. The van der Waals surface area contributed by atoms with Crippen LogP contribution in [0.15, 0.2) is 24.3 Å². The number of para-hydroxylation sites is 1. The van der Waals surface area contributed by atoms with Crippen LogP contribution in [0.3, 0.4) is 0 Å². The van der Waals surface area contributed by atoms with Crippen LogP contribution in [0.5, 0.6) is 0 Å². The zero-order chi connectivity index (χ0) is 13.8. The molecule has 0 aliphatic rings. The minimum atomic E-state index is -1.72. The molecular formula is C10H8Cl3NO4. The number of aromatic carboxylic acids is 1. The quantitative estimate of drug-likeness (QED) is 0.840. The maximum absolute atomic E-state index is 11.3. The van der Waals surface area contributed by atoms with Crippen LogP contribution in [0.25, 0.3) is 0 Å². The Labute approximate surface area is 118 Å². The Kier molecular flexibility index (Phi) is 5.07. The maximum atomic E-state index is 11.3. The normalized spacial score (nSPS) is 10.8. The number of anilines is 1. The summed E-state index contributed by atoms with van der Waals surface area (Å²) in [7, 11) is 0. The second kappa shape index (κ2) is 6.13. The molecule has 1 amide bonds. The molecule has 98 valence electrons. The lowest BCUT2D eigenvalue weighted by atomic mass is 10.2. The molecule has 0 unspecified atom stereocenters. The van der Waals surface area contributed by atoms with Crippen LogP contribution in [0.2, 0.25) is 0 Å². The fourth-order valence-corrected chi connectivity index (χ4v) is 1.24. The van der Waals surface area contributed by atoms with Crippen molar-refractivity contribution in [3.8, 4) is 0 Å². The van der Waals surface area contributed by atoms with E-state index < -0.39 is 22.5 Å². The molecule has 0 atom stereocenters. The molecule has 2 N–H and O–H groups in total. The third kappa shape index (κ3) is 5.00. The van der Waals surface area contributed by atoms with Gasteiger partial charge in [-0.1, -0.05) is 46.9 Å².